The number of furan rings is 1. The van der Waals surface area contributed by atoms with Crippen LogP contribution in [-0.4, -0.2) is 5.78 Å². The molecule has 2 aromatic carbocycles. The summed E-state index contributed by atoms with van der Waals surface area (Å²) in [5.74, 6) is 0.00924. The fraction of sp³-hybridized carbons (Fsp3) is 0. The number of ketones is 1. The number of halogens is 4. The average molecular weight is 449 g/mol. The van der Waals surface area contributed by atoms with Gasteiger partial charge in [-0.15, -0.1) is 0 Å². The Morgan fingerprint density at radius 2 is 1.76 bits per heavy atom. The second-order valence-corrected chi connectivity index (χ2v) is 6.96. The lowest BCUT2D eigenvalue weighted by molar-refractivity contribution is 0.101. The number of carbonyl (C=O) groups is 1. The Labute approximate surface area is 147 Å². The molecule has 0 aliphatic carbocycles. The van der Waals surface area contributed by atoms with Crippen molar-refractivity contribution in [3.8, 4) is 0 Å². The highest BCUT2D eigenvalue weighted by atomic mass is 79.9. The van der Waals surface area contributed by atoms with Crippen molar-refractivity contribution in [3.05, 3.63) is 66.7 Å². The molecule has 0 fully saturated rings. The van der Waals surface area contributed by atoms with Crippen LogP contribution in [-0.2, 0) is 0 Å². The summed E-state index contributed by atoms with van der Waals surface area (Å²) in [6.07, 6.45) is 0. The molecule has 3 aromatic rings. The van der Waals surface area contributed by atoms with Crippen LogP contribution in [0.5, 0.6) is 0 Å². The Hall–Kier alpha value is -0.810. The molecule has 0 saturated carbocycles. The van der Waals surface area contributed by atoms with Crippen molar-refractivity contribution in [2.45, 2.75) is 0 Å². The van der Waals surface area contributed by atoms with Crippen LogP contribution in [0.3, 0.4) is 0 Å². The van der Waals surface area contributed by atoms with E-state index in [4.69, 9.17) is 27.6 Å². The van der Waals surface area contributed by atoms with E-state index in [0.717, 1.165) is 14.3 Å². The maximum atomic E-state index is 12.5. The number of benzene rings is 2. The second kappa shape index (κ2) is 5.76. The topological polar surface area (TPSA) is 30.2 Å². The first-order chi connectivity index (χ1) is 9.95. The lowest BCUT2D eigenvalue weighted by Gasteiger charge is -2.00. The molecule has 0 spiro atoms. The minimum atomic E-state index is -0.243. The molecule has 3 rings (SSSR count). The van der Waals surface area contributed by atoms with Crippen molar-refractivity contribution in [1.82, 2.24) is 0 Å². The van der Waals surface area contributed by atoms with Gasteiger partial charge in [0.2, 0.25) is 5.78 Å². The van der Waals surface area contributed by atoms with Gasteiger partial charge >= 0.3 is 0 Å². The highest BCUT2D eigenvalue weighted by Gasteiger charge is 2.17. The molecular formula is C15H6Br2Cl2O2. The summed E-state index contributed by atoms with van der Waals surface area (Å²) in [7, 11) is 0. The van der Waals surface area contributed by atoms with Gasteiger partial charge in [-0.1, -0.05) is 39.1 Å². The van der Waals surface area contributed by atoms with Crippen molar-refractivity contribution >= 4 is 71.8 Å². The maximum Gasteiger partial charge on any atom is 0.228 e. The SMILES string of the molecule is O=C(c1ccc(Cl)c(Cl)c1)c1cc2cc(Br)cc(Br)c2o1. The molecule has 0 saturated heterocycles. The van der Waals surface area contributed by atoms with Crippen LogP contribution in [0.2, 0.25) is 10.0 Å². The number of fused-ring (bicyclic) bond motifs is 1. The van der Waals surface area contributed by atoms with Crippen molar-refractivity contribution in [2.24, 2.45) is 0 Å². The predicted molar refractivity (Wildman–Crippen MR) is 91.5 cm³/mol. The van der Waals surface area contributed by atoms with E-state index in [0.29, 0.717) is 21.2 Å². The molecule has 1 heterocycles. The minimum Gasteiger partial charge on any atom is -0.451 e. The standard InChI is InChI=1S/C15H6Br2Cl2O2/c16-9-3-8-5-13(21-15(8)10(17)6-9)14(20)7-1-2-11(18)12(19)4-7/h1-6H. The zero-order valence-corrected chi connectivity index (χ0v) is 15.0. The average Bonchev–Trinajstić information content (AvgIpc) is 2.85. The first-order valence-electron chi connectivity index (χ1n) is 5.84. The van der Waals surface area contributed by atoms with Gasteiger partial charge in [0.1, 0.15) is 5.58 Å². The summed E-state index contributed by atoms with van der Waals surface area (Å²) >= 11 is 18.6. The Morgan fingerprint density at radius 3 is 2.48 bits per heavy atom. The third-order valence-electron chi connectivity index (χ3n) is 2.94. The lowest BCUT2D eigenvalue weighted by atomic mass is 10.1. The summed E-state index contributed by atoms with van der Waals surface area (Å²) in [5, 5.41) is 1.58. The normalized spacial score (nSPS) is 11.0. The monoisotopic (exact) mass is 446 g/mol. The second-order valence-electron chi connectivity index (χ2n) is 4.37. The molecule has 0 N–H and O–H groups in total. The summed E-state index contributed by atoms with van der Waals surface area (Å²) in [6, 6.07) is 10.2. The molecule has 0 amide bonds. The first-order valence-corrected chi connectivity index (χ1v) is 8.18. The van der Waals surface area contributed by atoms with E-state index in [1.807, 2.05) is 12.1 Å². The third-order valence-corrected chi connectivity index (χ3v) is 4.73. The largest absolute Gasteiger partial charge is 0.451 e. The number of hydrogen-bond acceptors (Lipinski definition) is 2. The van der Waals surface area contributed by atoms with Gasteiger partial charge in [-0.25, -0.2) is 0 Å². The van der Waals surface area contributed by atoms with E-state index >= 15 is 0 Å². The fourth-order valence-corrected chi connectivity index (χ4v) is 3.60. The van der Waals surface area contributed by atoms with Crippen molar-refractivity contribution in [1.29, 1.82) is 0 Å². The summed E-state index contributed by atoms with van der Waals surface area (Å²) in [4.78, 5) is 12.5. The van der Waals surface area contributed by atoms with Gasteiger partial charge < -0.3 is 4.42 Å². The van der Waals surface area contributed by atoms with Crippen molar-refractivity contribution in [3.63, 3.8) is 0 Å². The molecule has 0 aliphatic heterocycles. The van der Waals surface area contributed by atoms with Crippen LogP contribution >= 0.6 is 55.1 Å². The third kappa shape index (κ3) is 2.90. The van der Waals surface area contributed by atoms with Gasteiger partial charge in [0, 0.05) is 15.4 Å². The molecule has 0 bridgehead atoms. The number of rotatable bonds is 2. The molecular weight excluding hydrogens is 443 g/mol. The van der Waals surface area contributed by atoms with Gasteiger partial charge in [-0.3, -0.25) is 4.79 Å². The molecule has 0 unspecified atom stereocenters. The minimum absolute atomic E-state index is 0.243. The predicted octanol–water partition coefficient (Wildman–Crippen LogP) is 6.50. The molecule has 1 aromatic heterocycles. The van der Waals surface area contributed by atoms with E-state index < -0.39 is 0 Å². The Morgan fingerprint density at radius 1 is 1.00 bits per heavy atom. The van der Waals surface area contributed by atoms with Crippen LogP contribution in [0, 0.1) is 0 Å². The van der Waals surface area contributed by atoms with Crippen LogP contribution < -0.4 is 0 Å². The van der Waals surface area contributed by atoms with Gasteiger partial charge in [-0.2, -0.15) is 0 Å². The Bertz CT molecular complexity index is 871. The quantitative estimate of drug-likeness (QED) is 0.419. The maximum absolute atomic E-state index is 12.5. The van der Waals surface area contributed by atoms with E-state index in [2.05, 4.69) is 31.9 Å². The van der Waals surface area contributed by atoms with Crippen LogP contribution in [0.1, 0.15) is 16.1 Å². The van der Waals surface area contributed by atoms with E-state index in [1.54, 1.807) is 18.2 Å². The highest BCUT2D eigenvalue weighted by molar-refractivity contribution is 9.11. The highest BCUT2D eigenvalue weighted by Crippen LogP contribution is 2.32. The molecule has 0 aliphatic rings. The molecule has 0 radical (unpaired) electrons. The van der Waals surface area contributed by atoms with Gasteiger partial charge in [-0.05, 0) is 52.3 Å². The Balaban J connectivity index is 2.09. The molecule has 0 atom stereocenters. The summed E-state index contributed by atoms with van der Waals surface area (Å²) in [5.41, 5.74) is 1.06. The zero-order valence-electron chi connectivity index (χ0n) is 10.3. The van der Waals surface area contributed by atoms with Crippen LogP contribution in [0.15, 0.2) is 49.8 Å². The molecule has 6 heteroatoms. The fourth-order valence-electron chi connectivity index (χ4n) is 1.97. The molecule has 106 valence electrons. The van der Waals surface area contributed by atoms with E-state index in [1.165, 1.54) is 6.07 Å². The van der Waals surface area contributed by atoms with Gasteiger partial charge in [0.25, 0.3) is 0 Å². The lowest BCUT2D eigenvalue weighted by Crippen LogP contribution is -1.99. The first kappa shape index (κ1) is 15.1. The van der Waals surface area contributed by atoms with E-state index in [9.17, 15) is 4.79 Å². The van der Waals surface area contributed by atoms with Crippen molar-refractivity contribution in [2.75, 3.05) is 0 Å². The Kier molecular flexibility index (Phi) is 4.14. The van der Waals surface area contributed by atoms with Crippen molar-refractivity contribution < 1.29 is 9.21 Å². The summed E-state index contributed by atoms with van der Waals surface area (Å²) < 4.78 is 7.32. The molecule has 2 nitrogen and oxygen atoms in total. The smallest absolute Gasteiger partial charge is 0.228 e. The van der Waals surface area contributed by atoms with Crippen LogP contribution in [0.25, 0.3) is 11.0 Å². The zero-order chi connectivity index (χ0) is 15.1. The van der Waals surface area contributed by atoms with Gasteiger partial charge in [0.05, 0.1) is 14.5 Å². The molecule has 21 heavy (non-hydrogen) atoms. The summed E-state index contributed by atoms with van der Waals surface area (Å²) in [6.45, 7) is 0. The van der Waals surface area contributed by atoms with Crippen LogP contribution in [0.4, 0.5) is 0 Å². The number of hydrogen-bond donors (Lipinski definition) is 0. The van der Waals surface area contributed by atoms with Gasteiger partial charge in [0.15, 0.2) is 5.76 Å². The van der Waals surface area contributed by atoms with E-state index in [-0.39, 0.29) is 11.5 Å². The number of carbonyl (C=O) groups excluding carboxylic acids is 1.